The van der Waals surface area contributed by atoms with Crippen molar-refractivity contribution in [2.45, 2.75) is 9.96 Å². The molecule has 0 aromatic heterocycles. The molecule has 0 aliphatic heterocycles. The molecule has 0 radical (unpaired) electrons. The number of hydrogen-bond acceptors (Lipinski definition) is 2. The van der Waals surface area contributed by atoms with Crippen molar-refractivity contribution in [2.24, 2.45) is 0 Å². The molecule has 0 spiro atoms. The number of alkyl halides is 3. The Labute approximate surface area is 158 Å². The number of para-hydroxylation sites is 1. The molecule has 0 fully saturated rings. The minimum absolute atomic E-state index is 0.206. The van der Waals surface area contributed by atoms with Gasteiger partial charge in [0.05, 0.1) is 10.6 Å². The summed E-state index contributed by atoms with van der Waals surface area (Å²) in [5.74, 6) is -0.494. The third-order valence-corrected chi connectivity index (χ3v) is 4.07. The van der Waals surface area contributed by atoms with Crippen LogP contribution >= 0.6 is 58.0 Å². The van der Waals surface area contributed by atoms with E-state index in [1.165, 1.54) is 12.1 Å². The van der Waals surface area contributed by atoms with Crippen molar-refractivity contribution < 1.29 is 4.79 Å². The molecule has 2 aromatic rings. The van der Waals surface area contributed by atoms with Gasteiger partial charge < -0.3 is 10.6 Å². The number of halogens is 5. The largest absolute Gasteiger partial charge is 0.362 e. The lowest BCUT2D eigenvalue weighted by Gasteiger charge is -2.27. The van der Waals surface area contributed by atoms with E-state index in [9.17, 15) is 4.79 Å². The zero-order valence-corrected chi connectivity index (χ0v) is 15.3. The maximum absolute atomic E-state index is 12.4. The molecule has 0 aliphatic carbocycles. The minimum atomic E-state index is -1.77. The molecule has 3 nitrogen and oxygen atoms in total. The van der Waals surface area contributed by atoms with E-state index in [0.717, 1.165) is 0 Å². The first-order chi connectivity index (χ1) is 10.8. The van der Waals surface area contributed by atoms with Crippen LogP contribution in [0.15, 0.2) is 48.5 Å². The molecular weight excluding hydrogens is 401 g/mol. The van der Waals surface area contributed by atoms with Gasteiger partial charge in [-0.3, -0.25) is 4.79 Å². The Morgan fingerprint density at radius 2 is 1.65 bits per heavy atom. The Morgan fingerprint density at radius 3 is 2.22 bits per heavy atom. The van der Waals surface area contributed by atoms with Gasteiger partial charge in [0.1, 0.15) is 6.17 Å². The summed E-state index contributed by atoms with van der Waals surface area (Å²) in [5, 5.41) is 6.19. The summed E-state index contributed by atoms with van der Waals surface area (Å²) in [6.45, 7) is 0. The van der Waals surface area contributed by atoms with Gasteiger partial charge in [0, 0.05) is 10.7 Å². The van der Waals surface area contributed by atoms with Crippen LogP contribution in [0.4, 0.5) is 5.69 Å². The van der Waals surface area contributed by atoms with Gasteiger partial charge in [-0.1, -0.05) is 76.2 Å². The smallest absolute Gasteiger partial charge is 0.254 e. The van der Waals surface area contributed by atoms with Gasteiger partial charge >= 0.3 is 0 Å². The second-order valence-electron chi connectivity index (χ2n) is 4.58. The summed E-state index contributed by atoms with van der Waals surface area (Å²) in [5.41, 5.74) is 0.913. The third kappa shape index (κ3) is 5.33. The van der Waals surface area contributed by atoms with E-state index in [-0.39, 0.29) is 10.6 Å². The number of nitrogens with one attached hydrogen (secondary N) is 2. The van der Waals surface area contributed by atoms with Gasteiger partial charge in [-0.05, 0) is 30.3 Å². The number of carbonyl (C=O) groups is 1. The molecule has 2 aromatic carbocycles. The molecule has 2 N–H and O–H groups in total. The fraction of sp³-hybridized carbons (Fsp3) is 0.133. The van der Waals surface area contributed by atoms with Crippen molar-refractivity contribution in [3.8, 4) is 0 Å². The Bertz CT molecular complexity index is 688. The van der Waals surface area contributed by atoms with Crippen LogP contribution in [0.2, 0.25) is 10.0 Å². The molecule has 8 heteroatoms. The number of rotatable bonds is 4. The third-order valence-electron chi connectivity index (χ3n) is 2.86. The number of anilines is 1. The molecule has 0 bridgehead atoms. The molecule has 0 aliphatic rings. The van der Waals surface area contributed by atoms with Gasteiger partial charge in [0.15, 0.2) is 0 Å². The average molecular weight is 413 g/mol. The van der Waals surface area contributed by atoms with Gasteiger partial charge in [0.25, 0.3) is 5.91 Å². The molecule has 0 heterocycles. The summed E-state index contributed by atoms with van der Waals surface area (Å²) < 4.78 is -1.77. The highest BCUT2D eigenvalue weighted by atomic mass is 35.6. The van der Waals surface area contributed by atoms with E-state index >= 15 is 0 Å². The van der Waals surface area contributed by atoms with Crippen LogP contribution < -0.4 is 10.6 Å². The van der Waals surface area contributed by atoms with Crippen molar-refractivity contribution in [3.05, 3.63) is 64.1 Å². The summed E-state index contributed by atoms with van der Waals surface area (Å²) in [6.07, 6.45) is -0.964. The molecule has 0 unspecified atom stereocenters. The van der Waals surface area contributed by atoms with Gasteiger partial charge in [-0.2, -0.15) is 0 Å². The van der Waals surface area contributed by atoms with Crippen LogP contribution in [-0.2, 0) is 0 Å². The van der Waals surface area contributed by atoms with Crippen molar-refractivity contribution in [1.82, 2.24) is 5.32 Å². The Hall–Kier alpha value is -0.840. The SMILES string of the molecule is O=C(N[C@H](Nc1ccccc1)C(Cl)(Cl)Cl)c1ccc(Cl)cc1Cl. The van der Waals surface area contributed by atoms with Crippen LogP contribution in [0.1, 0.15) is 10.4 Å². The average Bonchev–Trinajstić information content (AvgIpc) is 2.46. The Morgan fingerprint density at radius 1 is 1.00 bits per heavy atom. The quantitative estimate of drug-likeness (QED) is 0.512. The van der Waals surface area contributed by atoms with E-state index in [1.807, 2.05) is 18.2 Å². The molecular formula is C15H11Cl5N2O. The van der Waals surface area contributed by atoms with E-state index in [1.54, 1.807) is 18.2 Å². The highest BCUT2D eigenvalue weighted by Crippen LogP contribution is 2.31. The van der Waals surface area contributed by atoms with E-state index < -0.39 is 15.9 Å². The topological polar surface area (TPSA) is 41.1 Å². The van der Waals surface area contributed by atoms with Crippen molar-refractivity contribution in [1.29, 1.82) is 0 Å². The maximum Gasteiger partial charge on any atom is 0.254 e. The van der Waals surface area contributed by atoms with Crippen LogP contribution in [0, 0.1) is 0 Å². The van der Waals surface area contributed by atoms with E-state index in [4.69, 9.17) is 58.0 Å². The van der Waals surface area contributed by atoms with Crippen molar-refractivity contribution in [2.75, 3.05) is 5.32 Å². The fourth-order valence-corrected chi connectivity index (χ4v) is 2.60. The first kappa shape index (κ1) is 18.5. The van der Waals surface area contributed by atoms with Crippen LogP contribution in [-0.4, -0.2) is 15.9 Å². The lowest BCUT2D eigenvalue weighted by Crippen LogP contribution is -2.49. The minimum Gasteiger partial charge on any atom is -0.362 e. The summed E-state index contributed by atoms with van der Waals surface area (Å²) in [4.78, 5) is 12.4. The normalized spacial score (nSPS) is 12.6. The number of benzene rings is 2. The van der Waals surface area contributed by atoms with E-state index in [2.05, 4.69) is 10.6 Å². The summed E-state index contributed by atoms with van der Waals surface area (Å²) in [6, 6.07) is 13.6. The van der Waals surface area contributed by atoms with Gasteiger partial charge in [-0.15, -0.1) is 0 Å². The number of carbonyl (C=O) groups excluding carboxylic acids is 1. The Kier molecular flexibility index (Phi) is 6.29. The predicted molar refractivity (Wildman–Crippen MR) is 98.1 cm³/mol. The van der Waals surface area contributed by atoms with Gasteiger partial charge in [0.2, 0.25) is 3.79 Å². The maximum atomic E-state index is 12.4. The van der Waals surface area contributed by atoms with Gasteiger partial charge in [-0.25, -0.2) is 0 Å². The number of amides is 1. The first-order valence-electron chi connectivity index (χ1n) is 6.41. The number of hydrogen-bond donors (Lipinski definition) is 2. The van der Waals surface area contributed by atoms with Crippen LogP contribution in [0.3, 0.4) is 0 Å². The highest BCUT2D eigenvalue weighted by molar-refractivity contribution is 6.68. The molecule has 1 amide bonds. The molecule has 122 valence electrons. The first-order valence-corrected chi connectivity index (χ1v) is 8.30. The standard InChI is InChI=1S/C15H11Cl5N2O/c16-9-6-7-11(12(17)8-9)13(23)22-14(15(18,19)20)21-10-4-2-1-3-5-10/h1-8,14,21H,(H,22,23)/t14-/m0/s1. The molecule has 0 saturated carbocycles. The van der Waals surface area contributed by atoms with Crippen LogP contribution in [0.25, 0.3) is 0 Å². The van der Waals surface area contributed by atoms with Crippen molar-refractivity contribution >= 4 is 69.6 Å². The molecule has 1 atom stereocenters. The molecule has 2 rings (SSSR count). The zero-order valence-electron chi connectivity index (χ0n) is 11.5. The highest BCUT2D eigenvalue weighted by Gasteiger charge is 2.34. The summed E-state index contributed by atoms with van der Waals surface area (Å²) >= 11 is 29.7. The monoisotopic (exact) mass is 410 g/mol. The van der Waals surface area contributed by atoms with Crippen molar-refractivity contribution in [3.63, 3.8) is 0 Å². The fourth-order valence-electron chi connectivity index (χ4n) is 1.78. The predicted octanol–water partition coefficient (Wildman–Crippen LogP) is 5.53. The summed E-state index contributed by atoms with van der Waals surface area (Å²) in [7, 11) is 0. The Balaban J connectivity index is 2.19. The lowest BCUT2D eigenvalue weighted by atomic mass is 10.2. The van der Waals surface area contributed by atoms with E-state index in [0.29, 0.717) is 10.7 Å². The van der Waals surface area contributed by atoms with Crippen LogP contribution in [0.5, 0.6) is 0 Å². The second-order valence-corrected chi connectivity index (χ2v) is 7.80. The molecule has 0 saturated heterocycles. The molecule has 23 heavy (non-hydrogen) atoms. The zero-order chi connectivity index (χ0) is 17.0. The lowest BCUT2D eigenvalue weighted by molar-refractivity contribution is 0.0942. The second kappa shape index (κ2) is 7.82.